The Hall–Kier alpha value is -2.45. The first-order valence-electron chi connectivity index (χ1n) is 11.2. The molecule has 2 aromatic rings. The summed E-state index contributed by atoms with van der Waals surface area (Å²) in [4.78, 5) is 16.8. The number of hydrogen-bond donors (Lipinski definition) is 0. The number of methoxy groups -OCH3 is 2. The quantitative estimate of drug-likeness (QED) is 0.473. The van der Waals surface area contributed by atoms with Crippen molar-refractivity contribution in [1.82, 2.24) is 4.90 Å². The summed E-state index contributed by atoms with van der Waals surface area (Å²) in [5.74, 6) is 0.122. The van der Waals surface area contributed by atoms with E-state index in [0.29, 0.717) is 24.9 Å². The van der Waals surface area contributed by atoms with Crippen LogP contribution in [0.25, 0.3) is 0 Å². The van der Waals surface area contributed by atoms with Crippen molar-refractivity contribution in [3.8, 4) is 11.5 Å². The maximum Gasteiger partial charge on any atom is 0.420 e. The van der Waals surface area contributed by atoms with Crippen molar-refractivity contribution < 1.29 is 27.4 Å². The normalized spacial score (nSPS) is 14.9. The van der Waals surface area contributed by atoms with Gasteiger partial charge >= 0.3 is 6.18 Å². The third kappa shape index (κ3) is 6.57. The van der Waals surface area contributed by atoms with Crippen LogP contribution in [0, 0.1) is 0 Å². The minimum absolute atomic E-state index is 0. The molecule has 0 spiro atoms. The summed E-state index contributed by atoms with van der Waals surface area (Å²) in [6.45, 7) is 4.18. The van der Waals surface area contributed by atoms with Crippen LogP contribution in [0.4, 0.5) is 18.9 Å². The van der Waals surface area contributed by atoms with Gasteiger partial charge in [0.2, 0.25) is 5.91 Å². The van der Waals surface area contributed by atoms with Gasteiger partial charge in [0.15, 0.2) is 0 Å². The van der Waals surface area contributed by atoms with Crippen LogP contribution in [0.5, 0.6) is 11.5 Å². The number of para-hydroxylation sites is 1. The van der Waals surface area contributed by atoms with Crippen LogP contribution in [0.1, 0.15) is 37.3 Å². The lowest BCUT2D eigenvalue weighted by atomic mass is 10.0. The zero-order valence-corrected chi connectivity index (χ0v) is 20.5. The first-order chi connectivity index (χ1) is 15.8. The molecule has 5 nitrogen and oxygen atoms in total. The average molecular weight is 501 g/mol. The standard InChI is InChI=1S/C25H31F3N2O3.ClH/c1-4-24(31)30(19-8-6-5-7-9-19)20-11-14-29(15-12-20)13-10-18-16-23(33-3)21(25(26,27)28)17-22(18)32-2;/h5-9,16-17,20H,4,10-15H2,1-3H3;1H. The fourth-order valence-electron chi connectivity index (χ4n) is 4.37. The van der Waals surface area contributed by atoms with E-state index in [-0.39, 0.29) is 35.9 Å². The van der Waals surface area contributed by atoms with Crippen LogP contribution in [-0.4, -0.2) is 50.7 Å². The molecule has 1 saturated heterocycles. The molecule has 1 fully saturated rings. The molecule has 1 heterocycles. The van der Waals surface area contributed by atoms with Crippen molar-refractivity contribution in [1.29, 1.82) is 0 Å². The van der Waals surface area contributed by atoms with Crippen molar-refractivity contribution in [2.75, 3.05) is 38.8 Å². The number of anilines is 1. The van der Waals surface area contributed by atoms with E-state index in [0.717, 1.165) is 37.7 Å². The third-order valence-corrected chi connectivity index (χ3v) is 6.13. The average Bonchev–Trinajstić information content (AvgIpc) is 2.83. The SMILES string of the molecule is CCC(=O)N(c1ccccc1)C1CCN(CCc2cc(OC)c(C(F)(F)F)cc2OC)CC1.Cl. The lowest BCUT2D eigenvalue weighted by molar-refractivity contribution is -0.138. The van der Waals surface area contributed by atoms with Gasteiger partial charge in [-0.25, -0.2) is 0 Å². The number of hydrogen-bond acceptors (Lipinski definition) is 4. The highest BCUT2D eigenvalue weighted by Crippen LogP contribution is 2.40. The van der Waals surface area contributed by atoms with Gasteiger partial charge in [-0.1, -0.05) is 25.1 Å². The lowest BCUT2D eigenvalue weighted by Gasteiger charge is -2.38. The molecule has 0 saturated carbocycles. The zero-order valence-electron chi connectivity index (χ0n) is 19.7. The second kappa shape index (κ2) is 12.3. The summed E-state index contributed by atoms with van der Waals surface area (Å²) in [6.07, 6.45) is -1.84. The number of halogens is 4. The van der Waals surface area contributed by atoms with Crippen LogP contribution in [0.15, 0.2) is 42.5 Å². The van der Waals surface area contributed by atoms with Crippen LogP contribution >= 0.6 is 12.4 Å². The van der Waals surface area contributed by atoms with Crippen molar-refractivity contribution in [2.45, 2.75) is 44.8 Å². The van der Waals surface area contributed by atoms with Gasteiger partial charge in [0.05, 0.1) is 14.2 Å². The van der Waals surface area contributed by atoms with E-state index in [9.17, 15) is 18.0 Å². The molecule has 0 unspecified atom stereocenters. The summed E-state index contributed by atoms with van der Waals surface area (Å²) >= 11 is 0. The van der Waals surface area contributed by atoms with Crippen LogP contribution in [0.2, 0.25) is 0 Å². The van der Waals surface area contributed by atoms with E-state index in [2.05, 4.69) is 4.90 Å². The molecule has 0 bridgehead atoms. The molecule has 0 radical (unpaired) electrons. The minimum atomic E-state index is -4.51. The molecular weight excluding hydrogens is 469 g/mol. The Kier molecular flexibility index (Phi) is 10.1. The van der Waals surface area contributed by atoms with Gasteiger partial charge < -0.3 is 19.3 Å². The van der Waals surface area contributed by atoms with E-state index in [4.69, 9.17) is 9.47 Å². The number of likely N-dealkylation sites (tertiary alicyclic amines) is 1. The topological polar surface area (TPSA) is 42.0 Å². The van der Waals surface area contributed by atoms with Crippen molar-refractivity contribution >= 4 is 24.0 Å². The molecule has 3 rings (SSSR count). The first kappa shape index (κ1) is 27.8. The van der Waals surface area contributed by atoms with Crippen molar-refractivity contribution in [3.05, 3.63) is 53.6 Å². The fourth-order valence-corrected chi connectivity index (χ4v) is 4.37. The number of nitrogens with zero attached hydrogens (tertiary/aromatic N) is 2. The molecule has 0 aliphatic carbocycles. The Bertz CT molecular complexity index is 933. The van der Waals surface area contributed by atoms with Gasteiger partial charge in [0, 0.05) is 37.8 Å². The molecular formula is C25H32ClF3N2O3. The molecule has 1 aliphatic heterocycles. The molecule has 2 aromatic carbocycles. The van der Waals surface area contributed by atoms with Gasteiger partial charge in [-0.05, 0) is 49.1 Å². The van der Waals surface area contributed by atoms with Crippen LogP contribution in [0.3, 0.4) is 0 Å². The molecule has 1 aliphatic rings. The summed E-state index contributed by atoms with van der Waals surface area (Å²) in [5, 5.41) is 0. The van der Waals surface area contributed by atoms with Crippen LogP contribution < -0.4 is 14.4 Å². The largest absolute Gasteiger partial charge is 0.496 e. The van der Waals surface area contributed by atoms with E-state index >= 15 is 0 Å². The monoisotopic (exact) mass is 500 g/mol. The van der Waals surface area contributed by atoms with Gasteiger partial charge in [-0.2, -0.15) is 13.2 Å². The molecule has 188 valence electrons. The number of carbonyl (C=O) groups is 1. The number of alkyl halides is 3. The van der Waals surface area contributed by atoms with E-state index in [1.54, 1.807) is 0 Å². The zero-order chi connectivity index (χ0) is 24.0. The van der Waals surface area contributed by atoms with Crippen molar-refractivity contribution in [3.63, 3.8) is 0 Å². The Morgan fingerprint density at radius 1 is 1.06 bits per heavy atom. The summed E-state index contributed by atoms with van der Waals surface area (Å²) in [5.41, 5.74) is 0.758. The Balaban J connectivity index is 0.00000408. The smallest absolute Gasteiger partial charge is 0.420 e. The van der Waals surface area contributed by atoms with Gasteiger partial charge in [-0.15, -0.1) is 12.4 Å². The molecule has 1 amide bonds. The molecule has 9 heteroatoms. The lowest BCUT2D eigenvalue weighted by Crippen LogP contribution is -2.47. The Labute approximate surface area is 205 Å². The maximum absolute atomic E-state index is 13.3. The number of benzene rings is 2. The predicted octanol–water partition coefficient (Wildman–Crippen LogP) is 5.59. The number of amides is 1. The van der Waals surface area contributed by atoms with E-state index in [1.165, 1.54) is 20.3 Å². The highest BCUT2D eigenvalue weighted by molar-refractivity contribution is 5.93. The number of ether oxygens (including phenoxy) is 2. The summed E-state index contributed by atoms with van der Waals surface area (Å²) < 4.78 is 50.1. The van der Waals surface area contributed by atoms with E-state index < -0.39 is 11.7 Å². The molecule has 0 atom stereocenters. The summed E-state index contributed by atoms with van der Waals surface area (Å²) in [6, 6.07) is 12.3. The second-order valence-corrected chi connectivity index (χ2v) is 8.14. The van der Waals surface area contributed by atoms with Gasteiger partial charge in [0.1, 0.15) is 17.1 Å². The minimum Gasteiger partial charge on any atom is -0.496 e. The van der Waals surface area contributed by atoms with Crippen LogP contribution in [-0.2, 0) is 17.4 Å². The van der Waals surface area contributed by atoms with Crippen molar-refractivity contribution in [2.24, 2.45) is 0 Å². The highest BCUT2D eigenvalue weighted by atomic mass is 35.5. The maximum atomic E-state index is 13.3. The third-order valence-electron chi connectivity index (χ3n) is 6.13. The first-order valence-corrected chi connectivity index (χ1v) is 11.2. The Morgan fingerprint density at radius 3 is 2.21 bits per heavy atom. The highest BCUT2D eigenvalue weighted by Gasteiger charge is 2.35. The summed E-state index contributed by atoms with van der Waals surface area (Å²) in [7, 11) is 2.61. The molecule has 34 heavy (non-hydrogen) atoms. The molecule has 0 N–H and O–H groups in total. The van der Waals surface area contributed by atoms with Gasteiger partial charge in [0.25, 0.3) is 0 Å². The van der Waals surface area contributed by atoms with Gasteiger partial charge in [-0.3, -0.25) is 4.79 Å². The second-order valence-electron chi connectivity index (χ2n) is 8.14. The molecule has 0 aromatic heterocycles. The fraction of sp³-hybridized carbons (Fsp3) is 0.480. The predicted molar refractivity (Wildman–Crippen MR) is 129 cm³/mol. The number of rotatable bonds is 8. The van der Waals surface area contributed by atoms with E-state index in [1.807, 2.05) is 42.2 Å². The Morgan fingerprint density at radius 2 is 1.68 bits per heavy atom. The number of carbonyl (C=O) groups excluding carboxylic acids is 1. The number of piperidine rings is 1.